The van der Waals surface area contributed by atoms with Crippen LogP contribution in [0.1, 0.15) is 39.7 Å². The maximum Gasteiger partial charge on any atom is 0.342 e. The van der Waals surface area contributed by atoms with Gasteiger partial charge in [0.15, 0.2) is 0 Å². The van der Waals surface area contributed by atoms with E-state index in [4.69, 9.17) is 0 Å². The Morgan fingerprint density at radius 1 is 1.03 bits per heavy atom. The maximum atomic E-state index is 14.0. The molecule has 3 aromatic carbocycles. The van der Waals surface area contributed by atoms with Gasteiger partial charge in [0.2, 0.25) is 0 Å². The lowest BCUT2D eigenvalue weighted by Gasteiger charge is -2.09. The van der Waals surface area contributed by atoms with Gasteiger partial charge in [0.25, 0.3) is 5.91 Å². The van der Waals surface area contributed by atoms with E-state index >= 15 is 0 Å². The van der Waals surface area contributed by atoms with Crippen molar-refractivity contribution in [3.8, 4) is 17.0 Å². The third-order valence-corrected chi connectivity index (χ3v) is 7.61. The van der Waals surface area contributed by atoms with E-state index in [1.54, 1.807) is 36.4 Å². The fourth-order valence-electron chi connectivity index (χ4n) is 4.36. The average molecular weight is 527 g/mol. The molecule has 6 rings (SSSR count). The molecule has 1 saturated carbocycles. The number of carbonyl (C=O) groups excluding carboxylic acids is 2. The summed E-state index contributed by atoms with van der Waals surface area (Å²) in [4.78, 5) is 26.3. The fourth-order valence-corrected chi connectivity index (χ4v) is 5.32. The van der Waals surface area contributed by atoms with Crippen molar-refractivity contribution in [1.82, 2.24) is 15.1 Å². The number of aromatic hydroxyl groups is 1. The lowest BCUT2D eigenvalue weighted by atomic mass is 10.1. The summed E-state index contributed by atoms with van der Waals surface area (Å²) in [6.07, 6.45) is 1.89. The summed E-state index contributed by atoms with van der Waals surface area (Å²) in [5.41, 5.74) is 2.44. The number of hydrogen-bond acceptors (Lipinski definition) is 5. The quantitative estimate of drug-likeness (QED) is 0.235. The second-order valence-electron chi connectivity index (χ2n) is 9.23. The summed E-state index contributed by atoms with van der Waals surface area (Å²) < 4.78 is 16.3. The molecule has 0 atom stereocenters. The molecule has 2 amide bonds. The molecule has 2 aromatic heterocycles. The molecular formula is C29H23FN4O3S. The second kappa shape index (κ2) is 9.75. The van der Waals surface area contributed by atoms with Crippen molar-refractivity contribution in [3.05, 3.63) is 101 Å². The highest BCUT2D eigenvalue weighted by Crippen LogP contribution is 2.42. The van der Waals surface area contributed by atoms with Gasteiger partial charge in [0.05, 0.1) is 16.3 Å². The lowest BCUT2D eigenvalue weighted by Crippen LogP contribution is -2.30. The Bertz CT molecular complexity index is 1660. The molecule has 9 heteroatoms. The summed E-state index contributed by atoms with van der Waals surface area (Å²) in [6.45, 7) is 0.0320. The molecule has 0 aliphatic heterocycles. The first-order valence-corrected chi connectivity index (χ1v) is 13.0. The van der Waals surface area contributed by atoms with Crippen LogP contribution in [-0.4, -0.2) is 26.8 Å². The monoisotopic (exact) mass is 526 g/mol. The first kappa shape index (κ1) is 23.9. The number of carbonyl (C=O) groups is 2. The van der Waals surface area contributed by atoms with Gasteiger partial charge < -0.3 is 15.7 Å². The Morgan fingerprint density at radius 3 is 2.58 bits per heavy atom. The number of halogens is 1. The van der Waals surface area contributed by atoms with Gasteiger partial charge >= 0.3 is 6.03 Å². The van der Waals surface area contributed by atoms with Crippen LogP contribution in [0.5, 0.6) is 5.75 Å². The standard InChI is InChI=1S/C29H23FN4O3S/c30-22-7-3-1-6-19(22)16-31-29(37)34-24(17-9-10-17)15-23(33-34)21-12-11-20(14-25(21)35)32-28(36)27-13-18-5-2-4-8-26(18)38-27/h1-8,11-15,17,35H,9-10,16H2,(H,31,37)(H,32,36). The first-order valence-electron chi connectivity index (χ1n) is 12.2. The number of phenols is 1. The predicted octanol–water partition coefficient (Wildman–Crippen LogP) is 6.50. The Labute approximate surface area is 221 Å². The van der Waals surface area contributed by atoms with Crippen molar-refractivity contribution in [2.24, 2.45) is 0 Å². The van der Waals surface area contributed by atoms with Gasteiger partial charge in [-0.05, 0) is 54.6 Å². The number of thiophene rings is 1. The first-order chi connectivity index (χ1) is 18.5. The maximum absolute atomic E-state index is 14.0. The minimum Gasteiger partial charge on any atom is -0.507 e. The van der Waals surface area contributed by atoms with E-state index in [9.17, 15) is 19.1 Å². The van der Waals surface area contributed by atoms with Crippen LogP contribution in [-0.2, 0) is 6.54 Å². The summed E-state index contributed by atoms with van der Waals surface area (Å²) in [6, 6.07) is 22.0. The lowest BCUT2D eigenvalue weighted by molar-refractivity contribution is 0.103. The highest BCUT2D eigenvalue weighted by molar-refractivity contribution is 7.20. The Kier molecular flexibility index (Phi) is 6.13. The van der Waals surface area contributed by atoms with Crippen molar-refractivity contribution in [3.63, 3.8) is 0 Å². The average Bonchev–Trinajstić information content (AvgIpc) is 3.51. The van der Waals surface area contributed by atoms with E-state index in [1.165, 1.54) is 28.2 Å². The zero-order chi connectivity index (χ0) is 26.2. The van der Waals surface area contributed by atoms with E-state index in [0.29, 0.717) is 27.4 Å². The minimum atomic E-state index is -0.465. The highest BCUT2D eigenvalue weighted by Gasteiger charge is 2.31. The van der Waals surface area contributed by atoms with E-state index in [-0.39, 0.29) is 29.9 Å². The van der Waals surface area contributed by atoms with Crippen LogP contribution in [0.2, 0.25) is 0 Å². The van der Waals surface area contributed by atoms with Crippen LogP contribution in [0.25, 0.3) is 21.3 Å². The molecule has 190 valence electrons. The molecule has 1 aliphatic rings. The van der Waals surface area contributed by atoms with E-state index < -0.39 is 6.03 Å². The molecule has 0 spiro atoms. The molecule has 0 radical (unpaired) electrons. The molecule has 3 N–H and O–H groups in total. The largest absolute Gasteiger partial charge is 0.507 e. The third kappa shape index (κ3) is 4.76. The number of phenolic OH excluding ortho intramolecular Hbond substituents is 1. The van der Waals surface area contributed by atoms with Crippen LogP contribution in [0.4, 0.5) is 14.9 Å². The fraction of sp³-hybridized carbons (Fsp3) is 0.138. The highest BCUT2D eigenvalue weighted by atomic mass is 32.1. The van der Waals surface area contributed by atoms with E-state index in [0.717, 1.165) is 28.6 Å². The number of nitrogens with zero attached hydrogens (tertiary/aromatic N) is 2. The minimum absolute atomic E-state index is 0.0320. The SMILES string of the molecule is O=C(Nc1ccc(-c2cc(C3CC3)n(C(=O)NCc3ccccc3F)n2)c(O)c1)c1cc2ccccc2s1. The Balaban J connectivity index is 1.21. The smallest absolute Gasteiger partial charge is 0.342 e. The molecule has 2 heterocycles. The molecule has 0 saturated heterocycles. The van der Waals surface area contributed by atoms with Crippen LogP contribution >= 0.6 is 11.3 Å². The van der Waals surface area contributed by atoms with Crippen LogP contribution < -0.4 is 10.6 Å². The Morgan fingerprint density at radius 2 is 1.82 bits per heavy atom. The normalized spacial score (nSPS) is 13.0. The molecule has 1 fully saturated rings. The summed E-state index contributed by atoms with van der Waals surface area (Å²) >= 11 is 1.40. The van der Waals surface area contributed by atoms with Gasteiger partial charge in [0.1, 0.15) is 11.6 Å². The van der Waals surface area contributed by atoms with Crippen molar-refractivity contribution < 1.29 is 19.1 Å². The van der Waals surface area contributed by atoms with Gasteiger partial charge in [-0.15, -0.1) is 11.3 Å². The van der Waals surface area contributed by atoms with Gasteiger partial charge in [-0.2, -0.15) is 9.78 Å². The molecule has 5 aromatic rings. The molecule has 7 nitrogen and oxygen atoms in total. The number of anilines is 1. The van der Waals surface area contributed by atoms with Crippen molar-refractivity contribution in [2.45, 2.75) is 25.3 Å². The number of nitrogens with one attached hydrogen (secondary N) is 2. The number of benzene rings is 3. The third-order valence-electron chi connectivity index (χ3n) is 6.49. The molecule has 38 heavy (non-hydrogen) atoms. The van der Waals surface area contributed by atoms with E-state index in [1.807, 2.05) is 30.3 Å². The zero-order valence-corrected chi connectivity index (χ0v) is 21.0. The number of aromatic nitrogens is 2. The van der Waals surface area contributed by atoms with Gasteiger partial charge in [-0.1, -0.05) is 36.4 Å². The topological polar surface area (TPSA) is 96.3 Å². The summed E-state index contributed by atoms with van der Waals surface area (Å²) in [7, 11) is 0. The number of fused-ring (bicyclic) bond motifs is 1. The molecule has 0 bridgehead atoms. The number of amides is 2. The second-order valence-corrected chi connectivity index (χ2v) is 10.3. The molecule has 1 aliphatic carbocycles. The Hall–Kier alpha value is -4.50. The van der Waals surface area contributed by atoms with Crippen molar-refractivity contribution in [1.29, 1.82) is 0 Å². The van der Waals surface area contributed by atoms with Crippen molar-refractivity contribution in [2.75, 3.05) is 5.32 Å². The number of rotatable bonds is 6. The van der Waals surface area contributed by atoms with Crippen LogP contribution in [0.15, 0.2) is 78.9 Å². The zero-order valence-electron chi connectivity index (χ0n) is 20.1. The van der Waals surface area contributed by atoms with Crippen molar-refractivity contribution >= 4 is 39.0 Å². The van der Waals surface area contributed by atoms with E-state index in [2.05, 4.69) is 15.7 Å². The summed E-state index contributed by atoms with van der Waals surface area (Å²) in [5.74, 6) is -0.513. The van der Waals surface area contributed by atoms with Crippen LogP contribution in [0, 0.1) is 5.82 Å². The van der Waals surface area contributed by atoms with Crippen LogP contribution in [0.3, 0.4) is 0 Å². The summed E-state index contributed by atoms with van der Waals surface area (Å²) in [5, 5.41) is 21.8. The van der Waals surface area contributed by atoms with Gasteiger partial charge in [0, 0.05) is 40.0 Å². The molecular weight excluding hydrogens is 503 g/mol. The van der Waals surface area contributed by atoms with Gasteiger partial charge in [-0.25, -0.2) is 9.18 Å². The number of hydrogen-bond donors (Lipinski definition) is 3. The predicted molar refractivity (Wildman–Crippen MR) is 145 cm³/mol. The molecule has 0 unspecified atom stereocenters. The van der Waals surface area contributed by atoms with Gasteiger partial charge in [-0.3, -0.25) is 4.79 Å².